The highest BCUT2D eigenvalue weighted by Crippen LogP contribution is 2.22. The summed E-state index contributed by atoms with van der Waals surface area (Å²) in [6, 6.07) is 12.8. The second kappa shape index (κ2) is 9.71. The van der Waals surface area contributed by atoms with Crippen LogP contribution in [0.15, 0.2) is 54.6 Å². The first-order valence-corrected chi connectivity index (χ1v) is 8.10. The number of nitrogens with one attached hydrogen (secondary N) is 1. The number of carbonyl (C=O) groups excluding carboxylic acids is 2. The lowest BCUT2D eigenvalue weighted by Gasteiger charge is -2.06. The zero-order valence-electron chi connectivity index (χ0n) is 14.6. The fraction of sp³-hybridized carbons (Fsp3) is 0.158. The van der Waals surface area contributed by atoms with E-state index in [2.05, 4.69) is 5.32 Å². The molecule has 0 atom stereocenters. The van der Waals surface area contributed by atoms with Crippen molar-refractivity contribution in [3.8, 4) is 5.75 Å². The van der Waals surface area contributed by atoms with E-state index in [1.165, 1.54) is 30.4 Å². The fourth-order valence-corrected chi connectivity index (χ4v) is 2.12. The Morgan fingerprint density at radius 1 is 1.15 bits per heavy atom. The van der Waals surface area contributed by atoms with Gasteiger partial charge in [0.2, 0.25) is 0 Å². The molecule has 0 aliphatic carbocycles. The first kappa shape index (κ1) is 19.6. The minimum Gasteiger partial charge on any atom is -0.494 e. The highest BCUT2D eigenvalue weighted by atomic mass is 16.6. The number of carbonyl (C=O) groups is 2. The molecule has 0 aromatic heterocycles. The van der Waals surface area contributed by atoms with Gasteiger partial charge in [-0.15, -0.1) is 0 Å². The lowest BCUT2D eigenvalue weighted by atomic mass is 10.2. The molecule has 2 aromatic carbocycles. The fourth-order valence-electron chi connectivity index (χ4n) is 2.12. The van der Waals surface area contributed by atoms with E-state index in [1.807, 2.05) is 6.92 Å². The number of amides is 1. The van der Waals surface area contributed by atoms with Crippen molar-refractivity contribution in [2.75, 3.05) is 18.5 Å². The maximum atomic E-state index is 11.8. The van der Waals surface area contributed by atoms with Gasteiger partial charge in [-0.1, -0.05) is 24.3 Å². The minimum absolute atomic E-state index is 0.0356. The molecule has 0 aliphatic rings. The van der Waals surface area contributed by atoms with Crippen molar-refractivity contribution >= 4 is 29.3 Å². The average molecular weight is 370 g/mol. The predicted molar refractivity (Wildman–Crippen MR) is 99.3 cm³/mol. The Balaban J connectivity index is 1.84. The molecule has 1 amide bonds. The molecule has 0 aliphatic heterocycles. The van der Waals surface area contributed by atoms with E-state index in [1.54, 1.807) is 30.3 Å². The number of esters is 1. The van der Waals surface area contributed by atoms with Crippen molar-refractivity contribution in [2.24, 2.45) is 0 Å². The lowest BCUT2D eigenvalue weighted by Crippen LogP contribution is -2.20. The monoisotopic (exact) mass is 370 g/mol. The number of nitro benzene ring substituents is 1. The SMILES string of the molecule is CCOc1ccc(/C=C/C(=O)OCC(=O)Nc2ccccc2[N+](=O)[O-])cc1. The molecule has 0 heterocycles. The first-order chi connectivity index (χ1) is 13.0. The summed E-state index contributed by atoms with van der Waals surface area (Å²) in [4.78, 5) is 33.8. The van der Waals surface area contributed by atoms with Gasteiger partial charge in [-0.2, -0.15) is 0 Å². The Kier molecular flexibility index (Phi) is 7.07. The van der Waals surface area contributed by atoms with E-state index in [9.17, 15) is 19.7 Å². The standard InChI is InChI=1S/C19H18N2O6/c1-2-26-15-10-7-14(8-11-15)9-12-19(23)27-13-18(22)20-16-5-3-4-6-17(16)21(24)25/h3-12H,2,13H2,1H3,(H,20,22)/b12-9+. The molecule has 0 saturated heterocycles. The van der Waals surface area contributed by atoms with E-state index < -0.39 is 23.4 Å². The molecule has 0 saturated carbocycles. The highest BCUT2D eigenvalue weighted by Gasteiger charge is 2.15. The normalized spacial score (nSPS) is 10.4. The summed E-state index contributed by atoms with van der Waals surface area (Å²) in [5.74, 6) is -0.655. The predicted octanol–water partition coefficient (Wildman–Crippen LogP) is 3.19. The van der Waals surface area contributed by atoms with Gasteiger partial charge in [-0.3, -0.25) is 14.9 Å². The van der Waals surface area contributed by atoms with Crippen LogP contribution < -0.4 is 10.1 Å². The summed E-state index contributed by atoms with van der Waals surface area (Å²) in [5.41, 5.74) is 0.556. The smallest absolute Gasteiger partial charge is 0.331 e. The molecule has 0 spiro atoms. The molecule has 2 rings (SSSR count). The van der Waals surface area contributed by atoms with Crippen molar-refractivity contribution in [2.45, 2.75) is 6.92 Å². The highest BCUT2D eigenvalue weighted by molar-refractivity contribution is 5.96. The van der Waals surface area contributed by atoms with Gasteiger partial charge in [0.15, 0.2) is 6.61 Å². The molecule has 8 heteroatoms. The van der Waals surface area contributed by atoms with Gasteiger partial charge in [-0.25, -0.2) is 4.79 Å². The second-order valence-corrected chi connectivity index (χ2v) is 5.27. The Bertz CT molecular complexity index is 846. The largest absolute Gasteiger partial charge is 0.494 e. The molecule has 8 nitrogen and oxygen atoms in total. The number of benzene rings is 2. The summed E-state index contributed by atoms with van der Waals surface area (Å²) in [6.07, 6.45) is 2.73. The maximum Gasteiger partial charge on any atom is 0.331 e. The van der Waals surface area contributed by atoms with Crippen LogP contribution in [-0.2, 0) is 14.3 Å². The van der Waals surface area contributed by atoms with Crippen LogP contribution in [0.4, 0.5) is 11.4 Å². The lowest BCUT2D eigenvalue weighted by molar-refractivity contribution is -0.383. The second-order valence-electron chi connectivity index (χ2n) is 5.27. The van der Waals surface area contributed by atoms with Gasteiger partial charge in [0.05, 0.1) is 11.5 Å². The number of nitro groups is 1. The van der Waals surface area contributed by atoms with Crippen LogP contribution in [0.5, 0.6) is 5.75 Å². The molecule has 2 aromatic rings. The molecule has 0 radical (unpaired) electrons. The average Bonchev–Trinajstić information content (AvgIpc) is 2.66. The van der Waals surface area contributed by atoms with Crippen LogP contribution >= 0.6 is 0 Å². The van der Waals surface area contributed by atoms with Gasteiger partial charge < -0.3 is 14.8 Å². The van der Waals surface area contributed by atoms with E-state index in [4.69, 9.17) is 9.47 Å². The Labute approximate surface area is 155 Å². The van der Waals surface area contributed by atoms with Gasteiger partial charge >= 0.3 is 5.97 Å². The molecule has 0 unspecified atom stereocenters. The third-order valence-corrected chi connectivity index (χ3v) is 3.32. The van der Waals surface area contributed by atoms with E-state index in [-0.39, 0.29) is 11.4 Å². The number of rotatable bonds is 8. The molecule has 27 heavy (non-hydrogen) atoms. The maximum absolute atomic E-state index is 11.8. The number of para-hydroxylation sites is 2. The Hall–Kier alpha value is -3.68. The van der Waals surface area contributed by atoms with E-state index in [0.717, 1.165) is 11.3 Å². The summed E-state index contributed by atoms with van der Waals surface area (Å²) >= 11 is 0. The van der Waals surface area contributed by atoms with Crippen molar-refractivity contribution in [3.63, 3.8) is 0 Å². The van der Waals surface area contributed by atoms with Crippen LogP contribution in [0.3, 0.4) is 0 Å². The van der Waals surface area contributed by atoms with Gasteiger partial charge in [0.25, 0.3) is 11.6 Å². The van der Waals surface area contributed by atoms with Crippen LogP contribution in [-0.4, -0.2) is 30.0 Å². The third kappa shape index (κ3) is 6.28. The molecule has 0 bridgehead atoms. The van der Waals surface area contributed by atoms with Crippen LogP contribution in [0.25, 0.3) is 6.08 Å². The van der Waals surface area contributed by atoms with Crippen molar-refractivity contribution in [3.05, 3.63) is 70.3 Å². The number of hydrogen-bond donors (Lipinski definition) is 1. The topological polar surface area (TPSA) is 108 Å². The minimum atomic E-state index is -0.707. The first-order valence-electron chi connectivity index (χ1n) is 8.10. The number of hydrogen-bond acceptors (Lipinski definition) is 6. The summed E-state index contributed by atoms with van der Waals surface area (Å²) in [5, 5.41) is 13.2. The summed E-state index contributed by atoms with van der Waals surface area (Å²) in [6.45, 7) is 1.89. The molecule has 0 fully saturated rings. The molecule has 140 valence electrons. The van der Waals surface area contributed by atoms with Gasteiger partial charge in [0, 0.05) is 12.1 Å². The van der Waals surface area contributed by atoms with E-state index in [0.29, 0.717) is 6.61 Å². The number of ether oxygens (including phenoxy) is 2. The third-order valence-electron chi connectivity index (χ3n) is 3.32. The number of nitrogens with zero attached hydrogens (tertiary/aromatic N) is 1. The summed E-state index contributed by atoms with van der Waals surface area (Å²) in [7, 11) is 0. The quantitative estimate of drug-likeness (QED) is 0.331. The van der Waals surface area contributed by atoms with Crippen molar-refractivity contribution < 1.29 is 24.0 Å². The Morgan fingerprint density at radius 2 is 1.85 bits per heavy atom. The van der Waals surface area contributed by atoms with Crippen LogP contribution in [0, 0.1) is 10.1 Å². The molecule has 1 N–H and O–H groups in total. The van der Waals surface area contributed by atoms with Crippen molar-refractivity contribution in [1.82, 2.24) is 0 Å². The van der Waals surface area contributed by atoms with Crippen LogP contribution in [0.1, 0.15) is 12.5 Å². The zero-order valence-corrected chi connectivity index (χ0v) is 14.6. The Morgan fingerprint density at radius 3 is 2.52 bits per heavy atom. The molecular weight excluding hydrogens is 352 g/mol. The van der Waals surface area contributed by atoms with Gasteiger partial charge in [0.1, 0.15) is 11.4 Å². The van der Waals surface area contributed by atoms with Crippen LogP contribution in [0.2, 0.25) is 0 Å². The van der Waals surface area contributed by atoms with E-state index >= 15 is 0 Å². The van der Waals surface area contributed by atoms with Gasteiger partial charge in [-0.05, 0) is 36.8 Å². The summed E-state index contributed by atoms with van der Waals surface area (Å²) < 4.78 is 10.1. The number of anilines is 1. The zero-order chi connectivity index (χ0) is 19.6. The molecular formula is C19H18N2O6. The van der Waals surface area contributed by atoms with Crippen molar-refractivity contribution in [1.29, 1.82) is 0 Å².